The molecule has 1 atom stereocenters. The van der Waals surface area contributed by atoms with Crippen molar-refractivity contribution < 1.29 is 9.90 Å². The van der Waals surface area contributed by atoms with E-state index in [4.69, 9.17) is 0 Å². The molecule has 0 aliphatic carbocycles. The summed E-state index contributed by atoms with van der Waals surface area (Å²) in [6.45, 7) is 1.88. The number of carboxylic acids is 1. The van der Waals surface area contributed by atoms with Gasteiger partial charge in [-0.05, 0) is 12.5 Å². The Morgan fingerprint density at radius 1 is 1.50 bits per heavy atom. The predicted octanol–water partition coefficient (Wildman–Crippen LogP) is 1.51. The van der Waals surface area contributed by atoms with Crippen LogP contribution in [0.15, 0.2) is 24.3 Å². The van der Waals surface area contributed by atoms with E-state index in [0.29, 0.717) is 0 Å². The fourth-order valence-corrected chi connectivity index (χ4v) is 1.43. The average molecular weight is 228 g/mol. The number of carbonyl (C=O) groups is 1. The molecule has 1 aromatic carbocycles. The molecular formula is C9H8BrO2-. The smallest absolute Gasteiger partial charge is 0.0718 e. The molecule has 1 unspecified atom stereocenters. The first-order chi connectivity index (χ1) is 5.63. The molecule has 0 aromatic heterocycles. The van der Waals surface area contributed by atoms with E-state index >= 15 is 0 Å². The van der Waals surface area contributed by atoms with E-state index in [9.17, 15) is 9.90 Å². The van der Waals surface area contributed by atoms with Crippen LogP contribution in [0, 0.1) is 0 Å². The highest BCUT2D eigenvalue weighted by Gasteiger charge is 2.06. The number of halogens is 1. The topological polar surface area (TPSA) is 40.1 Å². The molecule has 0 amide bonds. The molecule has 0 N–H and O–H groups in total. The van der Waals surface area contributed by atoms with E-state index in [1.807, 2.05) is 6.92 Å². The van der Waals surface area contributed by atoms with Crippen LogP contribution in [0.2, 0.25) is 0 Å². The number of carboxylic acid groups (broad SMARTS) is 1. The van der Waals surface area contributed by atoms with Crippen LogP contribution in [-0.4, -0.2) is 5.97 Å². The van der Waals surface area contributed by atoms with Crippen molar-refractivity contribution in [1.82, 2.24) is 0 Å². The van der Waals surface area contributed by atoms with Gasteiger partial charge in [0.2, 0.25) is 0 Å². The first-order valence-electron chi connectivity index (χ1n) is 3.57. The molecule has 0 aliphatic rings. The number of rotatable bonds is 2. The second kappa shape index (κ2) is 3.72. The minimum atomic E-state index is -1.13. The van der Waals surface area contributed by atoms with Crippen LogP contribution in [0.25, 0.3) is 0 Å². The highest BCUT2D eigenvalue weighted by atomic mass is 79.9. The summed E-state index contributed by atoms with van der Waals surface area (Å²) in [5, 5.41) is 10.6. The monoisotopic (exact) mass is 227 g/mol. The molecule has 1 rings (SSSR count). The molecular weight excluding hydrogens is 220 g/mol. The molecule has 0 fully saturated rings. The van der Waals surface area contributed by atoms with Crippen molar-refractivity contribution in [2.75, 3.05) is 0 Å². The molecule has 0 aliphatic heterocycles. The second-order valence-electron chi connectivity index (χ2n) is 2.49. The molecule has 0 bridgehead atoms. The third-order valence-corrected chi connectivity index (χ3v) is 2.10. The molecule has 64 valence electrons. The Balaban J connectivity index is 3.17. The summed E-state index contributed by atoms with van der Waals surface area (Å²) in [4.78, 5) is 10.6. The van der Waals surface area contributed by atoms with Gasteiger partial charge in [0.05, 0.1) is 5.97 Å². The minimum absolute atomic E-state index is 0.0339. The Morgan fingerprint density at radius 2 is 2.08 bits per heavy atom. The maximum absolute atomic E-state index is 10.6. The van der Waals surface area contributed by atoms with Crippen LogP contribution in [0.4, 0.5) is 0 Å². The van der Waals surface area contributed by atoms with Gasteiger partial charge >= 0.3 is 0 Å². The lowest BCUT2D eigenvalue weighted by molar-refractivity contribution is -0.255. The van der Waals surface area contributed by atoms with Gasteiger partial charge in [-0.3, -0.25) is 0 Å². The maximum atomic E-state index is 10.6. The molecule has 2 nitrogen and oxygen atoms in total. The van der Waals surface area contributed by atoms with Crippen molar-refractivity contribution in [3.63, 3.8) is 0 Å². The van der Waals surface area contributed by atoms with E-state index < -0.39 is 5.97 Å². The summed E-state index contributed by atoms with van der Waals surface area (Å²) in [6.07, 6.45) is 0. The van der Waals surface area contributed by atoms with Gasteiger partial charge in [-0.15, -0.1) is 0 Å². The maximum Gasteiger partial charge on any atom is 0.0718 e. The van der Waals surface area contributed by atoms with Crippen LogP contribution in [0.1, 0.15) is 27.7 Å². The lowest BCUT2D eigenvalue weighted by Gasteiger charge is -2.11. The summed E-state index contributed by atoms with van der Waals surface area (Å²) >= 11 is 3.31. The zero-order chi connectivity index (χ0) is 9.14. The van der Waals surface area contributed by atoms with Gasteiger partial charge in [-0.2, -0.15) is 0 Å². The number of carbonyl (C=O) groups excluding carboxylic acids is 1. The molecule has 0 spiro atoms. The minimum Gasteiger partial charge on any atom is -0.545 e. The van der Waals surface area contributed by atoms with Gasteiger partial charge < -0.3 is 9.90 Å². The zero-order valence-corrected chi connectivity index (χ0v) is 8.17. The number of hydrogen-bond donors (Lipinski definition) is 0. The van der Waals surface area contributed by atoms with Gasteiger partial charge in [0, 0.05) is 10.4 Å². The summed E-state index contributed by atoms with van der Waals surface area (Å²) in [6, 6.07) is 6.80. The van der Waals surface area contributed by atoms with E-state index in [0.717, 1.165) is 5.56 Å². The van der Waals surface area contributed by atoms with Crippen molar-refractivity contribution in [1.29, 1.82) is 0 Å². The Hall–Kier alpha value is -0.830. The Labute approximate surface area is 79.3 Å². The highest BCUT2D eigenvalue weighted by Crippen LogP contribution is 2.24. The van der Waals surface area contributed by atoms with Crippen molar-refractivity contribution in [3.05, 3.63) is 35.4 Å². The molecule has 0 radical (unpaired) electrons. The van der Waals surface area contributed by atoms with Crippen molar-refractivity contribution in [2.24, 2.45) is 0 Å². The lowest BCUT2D eigenvalue weighted by atomic mass is 10.1. The van der Waals surface area contributed by atoms with Gasteiger partial charge in [-0.1, -0.05) is 40.2 Å². The molecule has 3 heteroatoms. The molecule has 1 aromatic rings. The Kier molecular flexibility index (Phi) is 2.87. The zero-order valence-electron chi connectivity index (χ0n) is 6.58. The normalized spacial score (nSPS) is 12.5. The Morgan fingerprint density at radius 3 is 2.50 bits per heavy atom. The van der Waals surface area contributed by atoms with Crippen molar-refractivity contribution in [3.8, 4) is 0 Å². The van der Waals surface area contributed by atoms with Crippen molar-refractivity contribution >= 4 is 21.9 Å². The quantitative estimate of drug-likeness (QED) is 0.719. The number of aromatic carboxylic acids is 1. The summed E-state index contributed by atoms with van der Waals surface area (Å²) in [7, 11) is 0. The average Bonchev–Trinajstić information content (AvgIpc) is 2.04. The van der Waals surface area contributed by atoms with E-state index in [1.54, 1.807) is 24.3 Å². The van der Waals surface area contributed by atoms with Crippen LogP contribution >= 0.6 is 15.9 Å². The Bertz CT molecular complexity index is 294. The first kappa shape index (κ1) is 9.26. The molecule has 0 saturated carbocycles. The molecule has 12 heavy (non-hydrogen) atoms. The van der Waals surface area contributed by atoms with Gasteiger partial charge in [0.25, 0.3) is 0 Å². The standard InChI is InChI=1S/C9H9BrO2/c1-6(10)7-4-2-3-5-8(7)9(11)12/h2-6H,1H3,(H,11,12)/p-1. The van der Waals surface area contributed by atoms with Crippen LogP contribution in [-0.2, 0) is 0 Å². The van der Waals surface area contributed by atoms with Gasteiger partial charge in [-0.25, -0.2) is 0 Å². The number of alkyl halides is 1. The van der Waals surface area contributed by atoms with E-state index in [-0.39, 0.29) is 10.4 Å². The fourth-order valence-electron chi connectivity index (χ4n) is 1.03. The first-order valence-corrected chi connectivity index (χ1v) is 4.49. The third-order valence-electron chi connectivity index (χ3n) is 1.61. The lowest BCUT2D eigenvalue weighted by Crippen LogP contribution is -2.23. The molecule has 0 heterocycles. The largest absolute Gasteiger partial charge is 0.545 e. The number of benzene rings is 1. The van der Waals surface area contributed by atoms with Crippen LogP contribution < -0.4 is 5.11 Å². The summed E-state index contributed by atoms with van der Waals surface area (Å²) in [5.41, 5.74) is 0.999. The van der Waals surface area contributed by atoms with Crippen LogP contribution in [0.5, 0.6) is 0 Å². The molecule has 0 saturated heterocycles. The van der Waals surface area contributed by atoms with E-state index in [2.05, 4.69) is 15.9 Å². The fraction of sp³-hybridized carbons (Fsp3) is 0.222. The summed E-state index contributed by atoms with van der Waals surface area (Å²) < 4.78 is 0. The SMILES string of the molecule is CC(Br)c1ccccc1C(=O)[O-]. The van der Waals surface area contributed by atoms with Crippen LogP contribution in [0.3, 0.4) is 0 Å². The number of hydrogen-bond acceptors (Lipinski definition) is 2. The van der Waals surface area contributed by atoms with E-state index in [1.165, 1.54) is 0 Å². The predicted molar refractivity (Wildman–Crippen MR) is 48.1 cm³/mol. The summed E-state index contributed by atoms with van der Waals surface area (Å²) in [5.74, 6) is -1.13. The van der Waals surface area contributed by atoms with Crippen molar-refractivity contribution in [2.45, 2.75) is 11.8 Å². The van der Waals surface area contributed by atoms with Gasteiger partial charge in [0.15, 0.2) is 0 Å². The third kappa shape index (κ3) is 1.85. The highest BCUT2D eigenvalue weighted by molar-refractivity contribution is 9.09. The second-order valence-corrected chi connectivity index (χ2v) is 3.86. The van der Waals surface area contributed by atoms with Gasteiger partial charge in [0.1, 0.15) is 0 Å².